The highest BCUT2D eigenvalue weighted by atomic mass is 79.9. The van der Waals surface area contributed by atoms with Gasteiger partial charge in [0.2, 0.25) is 10.0 Å². The van der Waals surface area contributed by atoms with Crippen LogP contribution in [0.2, 0.25) is 0 Å². The maximum atomic E-state index is 11.3. The third kappa shape index (κ3) is 2.26. The molecule has 72 valence electrons. The summed E-state index contributed by atoms with van der Waals surface area (Å²) in [5, 5.41) is 0. The Labute approximate surface area is 85.6 Å². The molecule has 0 saturated carbocycles. The van der Waals surface area contributed by atoms with E-state index in [1.807, 2.05) is 0 Å². The van der Waals surface area contributed by atoms with Crippen LogP contribution in [0.1, 0.15) is 5.56 Å². The van der Waals surface area contributed by atoms with Crippen LogP contribution in [0.3, 0.4) is 0 Å². The van der Waals surface area contributed by atoms with Crippen molar-refractivity contribution in [3.8, 4) is 0 Å². The monoisotopic (exact) mass is 264 g/mol. The molecule has 0 amide bonds. The van der Waals surface area contributed by atoms with Gasteiger partial charge in [-0.3, -0.25) is 0 Å². The summed E-state index contributed by atoms with van der Waals surface area (Å²) >= 11 is 3.19. The summed E-state index contributed by atoms with van der Waals surface area (Å²) in [6.07, 6.45) is 1.31. The molecule has 1 aromatic heterocycles. The zero-order valence-electron chi connectivity index (χ0n) is 7.20. The predicted octanol–water partition coefficient (Wildman–Crippen LogP) is 1.06. The number of pyridine rings is 1. The van der Waals surface area contributed by atoms with E-state index in [0.717, 1.165) is 5.56 Å². The number of halogens is 1. The lowest BCUT2D eigenvalue weighted by molar-refractivity contribution is 0.587. The number of aryl methyl sites for hydroxylation is 1. The molecule has 0 fully saturated rings. The fourth-order valence-electron chi connectivity index (χ4n) is 0.797. The van der Waals surface area contributed by atoms with Gasteiger partial charge in [-0.25, -0.2) is 18.1 Å². The summed E-state index contributed by atoms with van der Waals surface area (Å²) in [6.45, 7) is 1.78. The summed E-state index contributed by atoms with van der Waals surface area (Å²) in [5.74, 6) is 0. The van der Waals surface area contributed by atoms with Gasteiger partial charge in [-0.2, -0.15) is 0 Å². The maximum absolute atomic E-state index is 11.3. The average molecular weight is 265 g/mol. The van der Waals surface area contributed by atoms with E-state index in [2.05, 4.69) is 25.6 Å². The Kier molecular flexibility index (Phi) is 3.05. The van der Waals surface area contributed by atoms with Crippen LogP contribution in [0, 0.1) is 6.92 Å². The highest BCUT2D eigenvalue weighted by Gasteiger charge is 2.12. The Morgan fingerprint density at radius 2 is 2.15 bits per heavy atom. The highest BCUT2D eigenvalue weighted by Crippen LogP contribution is 2.16. The molecule has 1 heterocycles. The lowest BCUT2D eigenvalue weighted by Crippen LogP contribution is -2.18. The van der Waals surface area contributed by atoms with Crippen LogP contribution < -0.4 is 4.72 Å². The van der Waals surface area contributed by atoms with Crippen LogP contribution in [0.25, 0.3) is 0 Å². The maximum Gasteiger partial charge on any atom is 0.241 e. The van der Waals surface area contributed by atoms with E-state index in [4.69, 9.17) is 0 Å². The highest BCUT2D eigenvalue weighted by molar-refractivity contribution is 9.10. The van der Waals surface area contributed by atoms with Crippen molar-refractivity contribution in [3.05, 3.63) is 22.4 Å². The van der Waals surface area contributed by atoms with E-state index >= 15 is 0 Å². The van der Waals surface area contributed by atoms with E-state index in [0.29, 0.717) is 4.60 Å². The molecule has 13 heavy (non-hydrogen) atoms. The van der Waals surface area contributed by atoms with E-state index in [1.165, 1.54) is 13.2 Å². The van der Waals surface area contributed by atoms with Crippen molar-refractivity contribution in [3.63, 3.8) is 0 Å². The average Bonchev–Trinajstić information content (AvgIpc) is 2.09. The van der Waals surface area contributed by atoms with Crippen molar-refractivity contribution in [1.82, 2.24) is 9.71 Å². The van der Waals surface area contributed by atoms with Gasteiger partial charge in [0.25, 0.3) is 0 Å². The molecule has 1 aromatic rings. The number of nitrogens with zero attached hydrogens (tertiary/aromatic N) is 1. The van der Waals surface area contributed by atoms with Crippen LogP contribution in [-0.2, 0) is 10.0 Å². The van der Waals surface area contributed by atoms with Crippen molar-refractivity contribution < 1.29 is 8.42 Å². The molecule has 0 spiro atoms. The predicted molar refractivity (Wildman–Crippen MR) is 52.9 cm³/mol. The molecule has 0 aliphatic heterocycles. The third-order valence-corrected chi connectivity index (χ3v) is 3.78. The molecule has 1 N–H and O–H groups in total. The van der Waals surface area contributed by atoms with Gasteiger partial charge in [-0.15, -0.1) is 0 Å². The lowest BCUT2D eigenvalue weighted by Gasteiger charge is -2.03. The summed E-state index contributed by atoms with van der Waals surface area (Å²) in [7, 11) is -2.00. The molecule has 0 aliphatic carbocycles. The Hall–Kier alpha value is -0.460. The second-order valence-corrected chi connectivity index (χ2v) is 5.12. The van der Waals surface area contributed by atoms with E-state index in [1.54, 1.807) is 13.0 Å². The molecule has 0 radical (unpaired) electrons. The van der Waals surface area contributed by atoms with E-state index in [9.17, 15) is 8.42 Å². The molecule has 0 aliphatic rings. The molecule has 4 nitrogen and oxygen atoms in total. The Bertz CT molecular complexity index is 417. The zero-order valence-corrected chi connectivity index (χ0v) is 9.61. The summed E-state index contributed by atoms with van der Waals surface area (Å²) in [4.78, 5) is 4.07. The van der Waals surface area contributed by atoms with Gasteiger partial charge >= 0.3 is 0 Å². The largest absolute Gasteiger partial charge is 0.248 e. The molecule has 1 rings (SSSR count). The number of nitrogens with one attached hydrogen (secondary N) is 1. The first-order chi connectivity index (χ1) is 5.97. The van der Waals surface area contributed by atoms with Crippen LogP contribution in [-0.4, -0.2) is 20.4 Å². The minimum absolute atomic E-state index is 0.177. The van der Waals surface area contributed by atoms with Crippen LogP contribution in [0.15, 0.2) is 21.8 Å². The first-order valence-electron chi connectivity index (χ1n) is 3.53. The smallest absolute Gasteiger partial charge is 0.241 e. The summed E-state index contributed by atoms with van der Waals surface area (Å²) in [6, 6.07) is 1.56. The van der Waals surface area contributed by atoms with Gasteiger partial charge < -0.3 is 0 Å². The number of sulfonamides is 1. The van der Waals surface area contributed by atoms with E-state index in [-0.39, 0.29) is 4.90 Å². The van der Waals surface area contributed by atoms with Gasteiger partial charge in [-0.1, -0.05) is 0 Å². The van der Waals surface area contributed by atoms with Gasteiger partial charge in [0.15, 0.2) is 0 Å². The fourth-order valence-corrected chi connectivity index (χ4v) is 1.77. The van der Waals surface area contributed by atoms with Crippen molar-refractivity contribution in [2.75, 3.05) is 7.05 Å². The van der Waals surface area contributed by atoms with Gasteiger partial charge in [-0.05, 0) is 41.5 Å². The van der Waals surface area contributed by atoms with Gasteiger partial charge in [0.05, 0.1) is 0 Å². The molecular formula is C7H9BrN2O2S. The first kappa shape index (κ1) is 10.6. The molecule has 0 bridgehead atoms. The topological polar surface area (TPSA) is 59.1 Å². The Morgan fingerprint density at radius 3 is 2.62 bits per heavy atom. The molecule has 0 unspecified atom stereocenters. The number of aromatic nitrogens is 1. The van der Waals surface area contributed by atoms with Crippen LogP contribution in [0.4, 0.5) is 0 Å². The number of hydrogen-bond acceptors (Lipinski definition) is 3. The Morgan fingerprint density at radius 1 is 1.54 bits per heavy atom. The third-order valence-electron chi connectivity index (χ3n) is 1.57. The van der Waals surface area contributed by atoms with Crippen LogP contribution in [0.5, 0.6) is 0 Å². The molecule has 6 heteroatoms. The second kappa shape index (κ2) is 3.73. The van der Waals surface area contributed by atoms with Crippen molar-refractivity contribution in [2.45, 2.75) is 11.8 Å². The van der Waals surface area contributed by atoms with E-state index < -0.39 is 10.0 Å². The number of hydrogen-bond donors (Lipinski definition) is 1. The SMILES string of the molecule is CNS(=O)(=O)c1cnc(Br)c(C)c1. The molecular weight excluding hydrogens is 256 g/mol. The normalized spacial score (nSPS) is 11.6. The fraction of sp³-hybridized carbons (Fsp3) is 0.286. The minimum atomic E-state index is -3.37. The van der Waals surface area contributed by atoms with Gasteiger partial charge in [0, 0.05) is 6.20 Å². The van der Waals surface area contributed by atoms with Crippen LogP contribution >= 0.6 is 15.9 Å². The van der Waals surface area contributed by atoms with Crippen molar-refractivity contribution in [2.24, 2.45) is 0 Å². The summed E-state index contributed by atoms with van der Waals surface area (Å²) in [5.41, 5.74) is 0.788. The van der Waals surface area contributed by atoms with Crippen molar-refractivity contribution in [1.29, 1.82) is 0 Å². The second-order valence-electron chi connectivity index (χ2n) is 2.49. The lowest BCUT2D eigenvalue weighted by atomic mass is 10.3. The molecule has 0 aromatic carbocycles. The van der Waals surface area contributed by atoms with Crippen molar-refractivity contribution >= 4 is 26.0 Å². The molecule has 0 saturated heterocycles. The quantitative estimate of drug-likeness (QED) is 0.813. The van der Waals surface area contributed by atoms with Gasteiger partial charge in [0.1, 0.15) is 9.50 Å². The molecule has 0 atom stereocenters. The first-order valence-corrected chi connectivity index (χ1v) is 5.80. The zero-order chi connectivity index (χ0) is 10.1. The standard InChI is InChI=1S/C7H9BrN2O2S/c1-5-3-6(4-10-7(5)8)13(11,12)9-2/h3-4,9H,1-2H3. The minimum Gasteiger partial charge on any atom is -0.248 e. The Balaban J connectivity index is 3.27. The summed E-state index contributed by atoms with van der Waals surface area (Å²) < 4.78 is 25.5. The number of rotatable bonds is 2.